The van der Waals surface area contributed by atoms with E-state index in [0.29, 0.717) is 17.2 Å². The van der Waals surface area contributed by atoms with Gasteiger partial charge in [0.1, 0.15) is 11.5 Å². The largest absolute Gasteiger partial charge is 0.497 e. The number of anilines is 2. The van der Waals surface area contributed by atoms with Crippen LogP contribution in [0.25, 0.3) is 11.0 Å². The SMILES string of the molecule is COc1ccc(NC(=O)C2=C(C)Nc3nc4ccccc4n3C2c2cccc(OC)c2)cc1. The molecule has 1 amide bonds. The molecule has 33 heavy (non-hydrogen) atoms. The highest BCUT2D eigenvalue weighted by atomic mass is 16.5. The number of hydrogen-bond donors (Lipinski definition) is 2. The zero-order valence-electron chi connectivity index (χ0n) is 18.6. The number of allylic oxidation sites excluding steroid dienone is 1. The summed E-state index contributed by atoms with van der Waals surface area (Å²) in [5, 5.41) is 6.37. The molecule has 4 aromatic rings. The zero-order valence-corrected chi connectivity index (χ0v) is 18.6. The monoisotopic (exact) mass is 440 g/mol. The first-order chi connectivity index (χ1) is 16.1. The number of nitrogens with zero attached hydrogens (tertiary/aromatic N) is 2. The van der Waals surface area contributed by atoms with Gasteiger partial charge in [-0.3, -0.25) is 9.36 Å². The van der Waals surface area contributed by atoms with Crippen LogP contribution < -0.4 is 20.1 Å². The van der Waals surface area contributed by atoms with Crippen LogP contribution in [-0.4, -0.2) is 29.7 Å². The Balaban J connectivity index is 1.63. The number of fused-ring (bicyclic) bond motifs is 3. The van der Waals surface area contributed by atoms with Gasteiger partial charge in [0.25, 0.3) is 5.91 Å². The first kappa shape index (κ1) is 20.6. The molecule has 1 unspecified atom stereocenters. The number of hydrogen-bond acceptors (Lipinski definition) is 5. The minimum Gasteiger partial charge on any atom is -0.497 e. The highest BCUT2D eigenvalue weighted by molar-refractivity contribution is 6.06. The van der Waals surface area contributed by atoms with Crippen molar-refractivity contribution in [1.82, 2.24) is 9.55 Å². The molecule has 1 aliphatic rings. The third-order valence-electron chi connectivity index (χ3n) is 5.83. The molecular weight excluding hydrogens is 416 g/mol. The van der Waals surface area contributed by atoms with Crippen LogP contribution in [0.15, 0.2) is 84.1 Å². The average Bonchev–Trinajstić information content (AvgIpc) is 3.21. The lowest BCUT2D eigenvalue weighted by Crippen LogP contribution is -2.30. The van der Waals surface area contributed by atoms with Crippen molar-refractivity contribution in [2.75, 3.05) is 24.9 Å². The van der Waals surface area contributed by atoms with Crippen LogP contribution in [-0.2, 0) is 4.79 Å². The van der Waals surface area contributed by atoms with Gasteiger partial charge in [-0.05, 0) is 61.0 Å². The molecule has 0 saturated carbocycles. The number of aromatic nitrogens is 2. The van der Waals surface area contributed by atoms with Crippen LogP contribution in [0, 0.1) is 0 Å². The van der Waals surface area contributed by atoms with Crippen LogP contribution >= 0.6 is 0 Å². The fourth-order valence-electron chi connectivity index (χ4n) is 4.26. The topological polar surface area (TPSA) is 77.4 Å². The van der Waals surface area contributed by atoms with E-state index < -0.39 is 0 Å². The van der Waals surface area contributed by atoms with Gasteiger partial charge in [-0.25, -0.2) is 4.98 Å². The second-order valence-corrected chi connectivity index (χ2v) is 7.82. The Hall–Kier alpha value is -4.26. The van der Waals surface area contributed by atoms with Gasteiger partial charge in [-0.15, -0.1) is 0 Å². The molecule has 1 atom stereocenters. The number of imidazole rings is 1. The van der Waals surface area contributed by atoms with E-state index >= 15 is 0 Å². The Kier molecular flexibility index (Phi) is 5.22. The first-order valence-electron chi connectivity index (χ1n) is 10.6. The van der Waals surface area contributed by atoms with Gasteiger partial charge in [0.05, 0.1) is 36.9 Å². The van der Waals surface area contributed by atoms with Gasteiger partial charge >= 0.3 is 0 Å². The van der Waals surface area contributed by atoms with Gasteiger partial charge in [0.15, 0.2) is 0 Å². The Labute approximate surface area is 191 Å². The molecule has 0 aliphatic carbocycles. The Morgan fingerprint density at radius 3 is 2.48 bits per heavy atom. The number of carbonyl (C=O) groups is 1. The molecule has 0 fully saturated rings. The van der Waals surface area contributed by atoms with E-state index in [2.05, 4.69) is 15.2 Å². The molecule has 166 valence electrons. The standard InChI is InChI=1S/C26H24N4O3/c1-16-23(25(31)28-18-11-13-19(32-2)14-12-18)24(17-7-6-8-20(15-17)33-3)30-22-10-5-4-9-21(22)29-26(30)27-16/h4-15,24H,1-3H3,(H,27,29)(H,28,31). The fourth-order valence-corrected chi connectivity index (χ4v) is 4.26. The number of carbonyl (C=O) groups excluding carboxylic acids is 1. The molecule has 2 heterocycles. The van der Waals surface area contributed by atoms with E-state index in [0.717, 1.165) is 33.8 Å². The van der Waals surface area contributed by atoms with Crippen molar-refractivity contribution in [1.29, 1.82) is 0 Å². The maximum Gasteiger partial charge on any atom is 0.255 e. The van der Waals surface area contributed by atoms with Crippen molar-refractivity contribution < 1.29 is 14.3 Å². The summed E-state index contributed by atoms with van der Waals surface area (Å²) in [6.07, 6.45) is 0. The lowest BCUT2D eigenvalue weighted by Gasteiger charge is -2.31. The van der Waals surface area contributed by atoms with Crippen molar-refractivity contribution in [3.63, 3.8) is 0 Å². The summed E-state index contributed by atoms with van der Waals surface area (Å²) in [6, 6.07) is 22.6. The van der Waals surface area contributed by atoms with Crippen molar-refractivity contribution in [2.24, 2.45) is 0 Å². The Morgan fingerprint density at radius 1 is 0.970 bits per heavy atom. The van der Waals surface area contributed by atoms with Gasteiger partial charge < -0.3 is 20.1 Å². The first-order valence-corrected chi connectivity index (χ1v) is 10.6. The van der Waals surface area contributed by atoms with E-state index in [9.17, 15) is 4.79 Å². The fraction of sp³-hybridized carbons (Fsp3) is 0.154. The summed E-state index contributed by atoms with van der Waals surface area (Å²) in [5.74, 6) is 1.96. The van der Waals surface area contributed by atoms with Crippen LogP contribution in [0.3, 0.4) is 0 Å². The number of ether oxygens (including phenoxy) is 2. The van der Waals surface area contributed by atoms with Crippen LogP contribution in [0.1, 0.15) is 18.5 Å². The third-order valence-corrected chi connectivity index (χ3v) is 5.83. The molecule has 3 aromatic carbocycles. The zero-order chi connectivity index (χ0) is 22.9. The van der Waals surface area contributed by atoms with E-state index in [1.807, 2.05) is 79.7 Å². The number of para-hydroxylation sites is 2. The molecule has 0 radical (unpaired) electrons. The number of nitrogens with one attached hydrogen (secondary N) is 2. The van der Waals surface area contributed by atoms with Crippen molar-refractivity contribution >= 4 is 28.6 Å². The Bertz CT molecular complexity index is 1370. The van der Waals surface area contributed by atoms with Crippen molar-refractivity contribution in [3.05, 3.63) is 89.6 Å². The van der Waals surface area contributed by atoms with Crippen LogP contribution in [0.5, 0.6) is 11.5 Å². The van der Waals surface area contributed by atoms with Gasteiger partial charge in [-0.1, -0.05) is 24.3 Å². The quantitative estimate of drug-likeness (QED) is 0.458. The minimum absolute atomic E-state index is 0.193. The lowest BCUT2D eigenvalue weighted by molar-refractivity contribution is -0.113. The van der Waals surface area contributed by atoms with E-state index in [4.69, 9.17) is 14.5 Å². The summed E-state index contributed by atoms with van der Waals surface area (Å²) >= 11 is 0. The predicted octanol–water partition coefficient (Wildman–Crippen LogP) is 4.98. The summed E-state index contributed by atoms with van der Waals surface area (Å²) < 4.78 is 12.8. The third kappa shape index (κ3) is 3.67. The van der Waals surface area contributed by atoms with Gasteiger partial charge in [-0.2, -0.15) is 0 Å². The maximum absolute atomic E-state index is 13.6. The molecule has 7 nitrogen and oxygen atoms in total. The number of amides is 1. The minimum atomic E-state index is -0.387. The number of rotatable bonds is 5. The van der Waals surface area contributed by atoms with E-state index in [1.165, 1.54) is 0 Å². The maximum atomic E-state index is 13.6. The molecule has 7 heteroatoms. The molecule has 2 N–H and O–H groups in total. The Morgan fingerprint density at radius 2 is 1.73 bits per heavy atom. The smallest absolute Gasteiger partial charge is 0.255 e. The van der Waals surface area contributed by atoms with E-state index in [-0.39, 0.29) is 11.9 Å². The normalized spacial score (nSPS) is 15.1. The molecular formula is C26H24N4O3. The van der Waals surface area contributed by atoms with Crippen LogP contribution in [0.4, 0.5) is 11.6 Å². The molecule has 1 aromatic heterocycles. The highest BCUT2D eigenvalue weighted by Gasteiger charge is 2.34. The van der Waals surface area contributed by atoms with Crippen molar-refractivity contribution in [2.45, 2.75) is 13.0 Å². The summed E-state index contributed by atoms with van der Waals surface area (Å²) in [7, 11) is 3.25. The second kappa shape index (κ2) is 8.35. The van der Waals surface area contributed by atoms with Crippen molar-refractivity contribution in [3.8, 4) is 11.5 Å². The second-order valence-electron chi connectivity index (χ2n) is 7.82. The predicted molar refractivity (Wildman–Crippen MR) is 129 cm³/mol. The number of benzene rings is 3. The summed E-state index contributed by atoms with van der Waals surface area (Å²) in [5.41, 5.74) is 4.77. The molecule has 1 aliphatic heterocycles. The molecule has 0 saturated heterocycles. The summed E-state index contributed by atoms with van der Waals surface area (Å²) in [6.45, 7) is 1.90. The average molecular weight is 441 g/mol. The van der Waals surface area contributed by atoms with Gasteiger partial charge in [0, 0.05) is 11.4 Å². The molecule has 0 bridgehead atoms. The van der Waals surface area contributed by atoms with E-state index in [1.54, 1.807) is 14.2 Å². The summed E-state index contributed by atoms with van der Waals surface area (Å²) in [4.78, 5) is 18.4. The molecule has 0 spiro atoms. The highest BCUT2D eigenvalue weighted by Crippen LogP contribution is 2.40. The van der Waals surface area contributed by atoms with Gasteiger partial charge in [0.2, 0.25) is 5.95 Å². The van der Waals surface area contributed by atoms with Crippen LogP contribution in [0.2, 0.25) is 0 Å². The number of methoxy groups -OCH3 is 2. The molecule has 5 rings (SSSR count). The lowest BCUT2D eigenvalue weighted by atomic mass is 9.94.